The quantitative estimate of drug-likeness (QED) is 0.925. The van der Waals surface area contributed by atoms with E-state index < -0.39 is 0 Å². The second-order valence-corrected chi connectivity index (χ2v) is 5.52. The van der Waals surface area contributed by atoms with Crippen LogP contribution in [0.25, 0.3) is 11.4 Å². The lowest BCUT2D eigenvalue weighted by Gasteiger charge is -2.29. The summed E-state index contributed by atoms with van der Waals surface area (Å²) in [7, 11) is 0. The molecule has 0 radical (unpaired) electrons. The molecule has 5 nitrogen and oxygen atoms in total. The van der Waals surface area contributed by atoms with E-state index in [-0.39, 0.29) is 6.04 Å². The summed E-state index contributed by atoms with van der Waals surface area (Å²) in [4.78, 5) is 6.75. The minimum absolute atomic E-state index is 0.267. The van der Waals surface area contributed by atoms with Crippen LogP contribution < -0.4 is 5.73 Å². The van der Waals surface area contributed by atoms with Gasteiger partial charge in [-0.05, 0) is 26.3 Å². The Hall–Kier alpha value is -1.72. The fourth-order valence-corrected chi connectivity index (χ4v) is 2.57. The third-order valence-electron chi connectivity index (χ3n) is 3.68. The van der Waals surface area contributed by atoms with E-state index in [1.54, 1.807) is 0 Å². The predicted molar refractivity (Wildman–Crippen MR) is 77.0 cm³/mol. The Labute approximate surface area is 118 Å². The van der Waals surface area contributed by atoms with Crippen molar-refractivity contribution in [3.63, 3.8) is 0 Å². The second-order valence-electron chi connectivity index (χ2n) is 5.52. The van der Waals surface area contributed by atoms with Crippen LogP contribution in [0.1, 0.15) is 24.3 Å². The molecule has 0 spiro atoms. The maximum absolute atomic E-state index is 5.98. The molecule has 2 N–H and O–H groups in total. The van der Waals surface area contributed by atoms with Crippen molar-refractivity contribution in [2.45, 2.75) is 32.4 Å². The van der Waals surface area contributed by atoms with Crippen molar-refractivity contribution >= 4 is 0 Å². The Balaban J connectivity index is 1.69. The molecule has 2 heterocycles. The smallest absolute Gasteiger partial charge is 0.241 e. The Bertz CT molecular complexity index is 564. The zero-order valence-electron chi connectivity index (χ0n) is 11.7. The topological polar surface area (TPSA) is 68.2 Å². The van der Waals surface area contributed by atoms with Crippen molar-refractivity contribution in [3.8, 4) is 11.4 Å². The first-order chi connectivity index (χ1) is 9.70. The summed E-state index contributed by atoms with van der Waals surface area (Å²) in [6.45, 7) is 4.70. The number of hydrogen-bond donors (Lipinski definition) is 1. The standard InChI is InChI=1S/C15H20N4O/c1-11-4-6-12(7-5-11)15-17-14(20-18-15)10-19-8-2-3-13(16)9-19/h4-7,13H,2-3,8-10,16H2,1H3/t13-/m1/s1. The van der Waals surface area contributed by atoms with Gasteiger partial charge in [0.05, 0.1) is 6.54 Å². The Morgan fingerprint density at radius 3 is 2.90 bits per heavy atom. The number of rotatable bonds is 3. The molecular formula is C15H20N4O. The lowest BCUT2D eigenvalue weighted by molar-refractivity contribution is 0.178. The number of aromatic nitrogens is 2. The fourth-order valence-electron chi connectivity index (χ4n) is 2.57. The van der Waals surface area contributed by atoms with Crippen LogP contribution in [0.2, 0.25) is 0 Å². The molecule has 1 fully saturated rings. The van der Waals surface area contributed by atoms with Gasteiger partial charge in [-0.15, -0.1) is 0 Å². The normalized spacial score (nSPS) is 20.2. The number of nitrogens with two attached hydrogens (primary N) is 1. The van der Waals surface area contributed by atoms with Gasteiger partial charge in [0.15, 0.2) is 0 Å². The first-order valence-electron chi connectivity index (χ1n) is 7.08. The summed E-state index contributed by atoms with van der Waals surface area (Å²) in [5.41, 5.74) is 8.19. The average Bonchev–Trinajstić information content (AvgIpc) is 2.88. The van der Waals surface area contributed by atoms with Crippen LogP contribution in [0.3, 0.4) is 0 Å². The molecule has 1 aromatic carbocycles. The molecule has 1 aliphatic heterocycles. The average molecular weight is 272 g/mol. The van der Waals surface area contributed by atoms with Gasteiger partial charge < -0.3 is 10.3 Å². The van der Waals surface area contributed by atoms with Crippen LogP contribution in [0.4, 0.5) is 0 Å². The molecule has 0 aliphatic carbocycles. The van der Waals surface area contributed by atoms with Gasteiger partial charge in [-0.3, -0.25) is 4.90 Å². The van der Waals surface area contributed by atoms with Crippen molar-refractivity contribution in [1.82, 2.24) is 15.0 Å². The number of nitrogens with zero attached hydrogens (tertiary/aromatic N) is 3. The third-order valence-corrected chi connectivity index (χ3v) is 3.68. The van der Waals surface area contributed by atoms with E-state index >= 15 is 0 Å². The fraction of sp³-hybridized carbons (Fsp3) is 0.467. The van der Waals surface area contributed by atoms with E-state index in [0.29, 0.717) is 18.3 Å². The van der Waals surface area contributed by atoms with Crippen LogP contribution >= 0.6 is 0 Å². The van der Waals surface area contributed by atoms with Crippen molar-refractivity contribution in [3.05, 3.63) is 35.7 Å². The van der Waals surface area contributed by atoms with E-state index in [0.717, 1.165) is 31.5 Å². The molecule has 1 aromatic heterocycles. The molecule has 1 atom stereocenters. The lowest BCUT2D eigenvalue weighted by atomic mass is 10.1. The van der Waals surface area contributed by atoms with Crippen LogP contribution in [0.15, 0.2) is 28.8 Å². The van der Waals surface area contributed by atoms with E-state index in [2.05, 4.69) is 34.1 Å². The summed E-state index contributed by atoms with van der Waals surface area (Å²) in [6, 6.07) is 8.40. The highest BCUT2D eigenvalue weighted by Gasteiger charge is 2.19. The van der Waals surface area contributed by atoms with Gasteiger partial charge in [-0.2, -0.15) is 4.98 Å². The summed E-state index contributed by atoms with van der Waals surface area (Å²) in [5.74, 6) is 1.32. The molecule has 106 valence electrons. The van der Waals surface area contributed by atoms with Crippen molar-refractivity contribution in [1.29, 1.82) is 0 Å². The number of likely N-dealkylation sites (tertiary alicyclic amines) is 1. The van der Waals surface area contributed by atoms with Gasteiger partial charge in [0, 0.05) is 18.2 Å². The minimum Gasteiger partial charge on any atom is -0.338 e. The second kappa shape index (κ2) is 5.73. The highest BCUT2D eigenvalue weighted by atomic mass is 16.5. The molecule has 2 aromatic rings. The predicted octanol–water partition coefficient (Wildman–Crippen LogP) is 1.97. The maximum atomic E-state index is 5.98. The Morgan fingerprint density at radius 1 is 1.35 bits per heavy atom. The molecule has 0 bridgehead atoms. The van der Waals surface area contributed by atoms with E-state index in [9.17, 15) is 0 Å². The van der Waals surface area contributed by atoms with E-state index in [1.807, 2.05) is 12.1 Å². The van der Waals surface area contributed by atoms with Crippen LogP contribution in [0.5, 0.6) is 0 Å². The number of benzene rings is 1. The molecular weight excluding hydrogens is 252 g/mol. The van der Waals surface area contributed by atoms with Gasteiger partial charge >= 0.3 is 0 Å². The molecule has 20 heavy (non-hydrogen) atoms. The Kier molecular flexibility index (Phi) is 3.80. The molecule has 0 unspecified atom stereocenters. The van der Waals surface area contributed by atoms with Crippen LogP contribution in [0, 0.1) is 6.92 Å². The molecule has 1 aliphatic rings. The highest BCUT2D eigenvalue weighted by molar-refractivity contribution is 5.54. The van der Waals surface area contributed by atoms with Crippen LogP contribution in [-0.2, 0) is 6.54 Å². The van der Waals surface area contributed by atoms with Gasteiger partial charge in [-0.25, -0.2) is 0 Å². The molecule has 0 amide bonds. The zero-order valence-corrected chi connectivity index (χ0v) is 11.7. The molecule has 3 rings (SSSR count). The monoisotopic (exact) mass is 272 g/mol. The Morgan fingerprint density at radius 2 is 2.15 bits per heavy atom. The number of hydrogen-bond acceptors (Lipinski definition) is 5. The minimum atomic E-state index is 0.267. The highest BCUT2D eigenvalue weighted by Crippen LogP contribution is 2.18. The van der Waals surface area contributed by atoms with E-state index in [4.69, 9.17) is 10.3 Å². The SMILES string of the molecule is Cc1ccc(-c2noc(CN3CCC[C@@H](N)C3)n2)cc1. The van der Waals surface area contributed by atoms with Gasteiger partial charge in [-0.1, -0.05) is 35.0 Å². The first-order valence-corrected chi connectivity index (χ1v) is 7.08. The van der Waals surface area contributed by atoms with Gasteiger partial charge in [0.1, 0.15) is 0 Å². The largest absolute Gasteiger partial charge is 0.338 e. The molecule has 1 saturated heterocycles. The zero-order chi connectivity index (χ0) is 13.9. The summed E-state index contributed by atoms with van der Waals surface area (Å²) < 4.78 is 5.34. The van der Waals surface area contributed by atoms with Crippen LogP contribution in [-0.4, -0.2) is 34.2 Å². The first kappa shape index (κ1) is 13.3. The van der Waals surface area contributed by atoms with E-state index in [1.165, 1.54) is 5.56 Å². The van der Waals surface area contributed by atoms with Gasteiger partial charge in [0.25, 0.3) is 0 Å². The number of aryl methyl sites for hydroxylation is 1. The lowest BCUT2D eigenvalue weighted by Crippen LogP contribution is -2.42. The van der Waals surface area contributed by atoms with Crippen molar-refractivity contribution in [2.75, 3.05) is 13.1 Å². The molecule has 5 heteroatoms. The van der Waals surface area contributed by atoms with Crippen molar-refractivity contribution in [2.24, 2.45) is 5.73 Å². The molecule has 0 saturated carbocycles. The maximum Gasteiger partial charge on any atom is 0.241 e. The summed E-state index contributed by atoms with van der Waals surface area (Å²) in [5, 5.41) is 4.06. The number of piperidine rings is 1. The third kappa shape index (κ3) is 3.05. The summed E-state index contributed by atoms with van der Waals surface area (Å²) in [6.07, 6.45) is 2.25. The van der Waals surface area contributed by atoms with Gasteiger partial charge in [0.2, 0.25) is 11.7 Å². The summed E-state index contributed by atoms with van der Waals surface area (Å²) >= 11 is 0. The van der Waals surface area contributed by atoms with Crippen molar-refractivity contribution < 1.29 is 4.52 Å².